The van der Waals surface area contributed by atoms with Crippen LogP contribution in [0.5, 0.6) is 0 Å². The van der Waals surface area contributed by atoms with Gasteiger partial charge < -0.3 is 5.11 Å². The lowest BCUT2D eigenvalue weighted by Crippen LogP contribution is -2.19. The molecule has 1 aromatic carbocycles. The average molecular weight is 236 g/mol. The molecule has 0 saturated heterocycles. The molecule has 1 aliphatic carbocycles. The van der Waals surface area contributed by atoms with E-state index in [2.05, 4.69) is 45.0 Å². The Labute approximate surface area is 102 Å². The Bertz CT molecular complexity index is 369. The molecule has 1 fully saturated rings. The third kappa shape index (κ3) is 1.78. The summed E-state index contributed by atoms with van der Waals surface area (Å²) in [7, 11) is 0. The molecule has 2 rings (SSSR count). The summed E-state index contributed by atoms with van der Waals surface area (Å²) in [6.07, 6.45) is 1.09. The van der Waals surface area contributed by atoms with Crippen molar-refractivity contribution in [1.29, 1.82) is 0 Å². The van der Waals surface area contributed by atoms with Crippen molar-refractivity contribution < 1.29 is 5.11 Å². The molecule has 0 spiro atoms. The summed E-state index contributed by atoms with van der Waals surface area (Å²) in [6, 6.07) is 8.72. The SMILES string of the molecule is CCSc1ccc(C2(CO)CC2(C)C)cc1. The quantitative estimate of drug-likeness (QED) is 0.808. The zero-order chi connectivity index (χ0) is 11.8. The van der Waals surface area contributed by atoms with Gasteiger partial charge in [0.2, 0.25) is 0 Å². The lowest BCUT2D eigenvalue weighted by molar-refractivity contribution is 0.231. The van der Waals surface area contributed by atoms with E-state index in [0.29, 0.717) is 0 Å². The summed E-state index contributed by atoms with van der Waals surface area (Å²) in [5.41, 5.74) is 1.56. The molecule has 1 unspecified atom stereocenters. The zero-order valence-corrected chi connectivity index (χ0v) is 11.1. The number of rotatable bonds is 4. The monoisotopic (exact) mass is 236 g/mol. The van der Waals surface area contributed by atoms with Crippen molar-refractivity contribution in [3.05, 3.63) is 29.8 Å². The largest absolute Gasteiger partial charge is 0.395 e. The van der Waals surface area contributed by atoms with E-state index in [0.717, 1.165) is 12.2 Å². The van der Waals surface area contributed by atoms with Crippen LogP contribution in [0.1, 0.15) is 32.8 Å². The van der Waals surface area contributed by atoms with Gasteiger partial charge in [-0.2, -0.15) is 0 Å². The molecular formula is C14H20OS. The molecule has 1 atom stereocenters. The van der Waals surface area contributed by atoms with E-state index in [-0.39, 0.29) is 17.4 Å². The molecule has 1 saturated carbocycles. The van der Waals surface area contributed by atoms with Crippen LogP contribution in [0.15, 0.2) is 29.2 Å². The molecule has 1 aromatic rings. The van der Waals surface area contributed by atoms with E-state index < -0.39 is 0 Å². The van der Waals surface area contributed by atoms with Crippen LogP contribution in [0.4, 0.5) is 0 Å². The smallest absolute Gasteiger partial charge is 0.0533 e. The molecule has 0 bridgehead atoms. The second-order valence-corrected chi connectivity index (χ2v) is 6.60. The maximum atomic E-state index is 9.61. The van der Waals surface area contributed by atoms with E-state index in [4.69, 9.17) is 0 Å². The summed E-state index contributed by atoms with van der Waals surface area (Å²) in [4.78, 5) is 1.32. The van der Waals surface area contributed by atoms with E-state index in [1.807, 2.05) is 11.8 Å². The number of hydrogen-bond donors (Lipinski definition) is 1. The van der Waals surface area contributed by atoms with Gasteiger partial charge in [0.1, 0.15) is 0 Å². The van der Waals surface area contributed by atoms with Crippen molar-refractivity contribution in [1.82, 2.24) is 0 Å². The maximum Gasteiger partial charge on any atom is 0.0533 e. The highest BCUT2D eigenvalue weighted by atomic mass is 32.2. The van der Waals surface area contributed by atoms with Gasteiger partial charge in [0, 0.05) is 10.3 Å². The molecule has 1 aliphatic rings. The van der Waals surface area contributed by atoms with Crippen molar-refractivity contribution in [2.45, 2.75) is 37.5 Å². The lowest BCUT2D eigenvalue weighted by Gasteiger charge is -2.18. The number of benzene rings is 1. The fraction of sp³-hybridized carbons (Fsp3) is 0.571. The summed E-state index contributed by atoms with van der Waals surface area (Å²) < 4.78 is 0. The normalized spacial score (nSPS) is 26.8. The van der Waals surface area contributed by atoms with Gasteiger partial charge in [-0.3, -0.25) is 0 Å². The van der Waals surface area contributed by atoms with E-state index in [1.54, 1.807) is 0 Å². The highest BCUT2D eigenvalue weighted by molar-refractivity contribution is 7.99. The molecule has 1 nitrogen and oxygen atoms in total. The maximum absolute atomic E-state index is 9.61. The third-order valence-electron chi connectivity index (χ3n) is 3.90. The number of thioether (sulfide) groups is 1. The molecular weight excluding hydrogens is 216 g/mol. The molecule has 0 heterocycles. The summed E-state index contributed by atoms with van der Waals surface area (Å²) in [5, 5.41) is 9.61. The van der Waals surface area contributed by atoms with E-state index in [9.17, 15) is 5.11 Å². The molecule has 88 valence electrons. The zero-order valence-electron chi connectivity index (χ0n) is 10.3. The molecule has 1 N–H and O–H groups in total. The predicted molar refractivity (Wildman–Crippen MR) is 70.0 cm³/mol. The van der Waals surface area contributed by atoms with Crippen LogP contribution in [0.2, 0.25) is 0 Å². The molecule has 0 radical (unpaired) electrons. The number of aliphatic hydroxyl groups excluding tert-OH is 1. The molecule has 0 aromatic heterocycles. The molecule has 0 aliphatic heterocycles. The Kier molecular flexibility index (Phi) is 3.06. The first-order valence-electron chi connectivity index (χ1n) is 5.90. The van der Waals surface area contributed by atoms with E-state index >= 15 is 0 Å². The van der Waals surface area contributed by atoms with Gasteiger partial charge in [0.05, 0.1) is 6.61 Å². The van der Waals surface area contributed by atoms with Gasteiger partial charge in [-0.25, -0.2) is 0 Å². The highest BCUT2D eigenvalue weighted by Crippen LogP contribution is 2.63. The van der Waals surface area contributed by atoms with Crippen molar-refractivity contribution in [2.24, 2.45) is 5.41 Å². The van der Waals surface area contributed by atoms with Crippen molar-refractivity contribution in [3.8, 4) is 0 Å². The van der Waals surface area contributed by atoms with Crippen LogP contribution >= 0.6 is 11.8 Å². The van der Waals surface area contributed by atoms with Crippen LogP contribution in [-0.2, 0) is 5.41 Å². The van der Waals surface area contributed by atoms with Gasteiger partial charge in [0.25, 0.3) is 0 Å². The van der Waals surface area contributed by atoms with Crippen molar-refractivity contribution >= 4 is 11.8 Å². The van der Waals surface area contributed by atoms with Crippen molar-refractivity contribution in [3.63, 3.8) is 0 Å². The van der Waals surface area contributed by atoms with Gasteiger partial charge in [-0.15, -0.1) is 11.8 Å². The second-order valence-electron chi connectivity index (χ2n) is 5.26. The van der Waals surface area contributed by atoms with Crippen molar-refractivity contribution in [2.75, 3.05) is 12.4 Å². The van der Waals surface area contributed by atoms with E-state index in [1.165, 1.54) is 10.5 Å². The van der Waals surface area contributed by atoms with Crippen LogP contribution < -0.4 is 0 Å². The Hall–Kier alpha value is -0.470. The highest BCUT2D eigenvalue weighted by Gasteiger charge is 2.61. The van der Waals surface area contributed by atoms with Gasteiger partial charge >= 0.3 is 0 Å². The minimum atomic E-state index is 0.0163. The molecule has 16 heavy (non-hydrogen) atoms. The minimum Gasteiger partial charge on any atom is -0.395 e. The Morgan fingerprint density at radius 2 is 1.81 bits per heavy atom. The summed E-state index contributed by atoms with van der Waals surface area (Å²) in [6.45, 7) is 6.90. The fourth-order valence-corrected chi connectivity index (χ4v) is 3.26. The fourth-order valence-electron chi connectivity index (χ4n) is 2.60. The first kappa shape index (κ1) is 12.0. The Balaban J connectivity index is 2.22. The predicted octanol–water partition coefficient (Wildman–Crippen LogP) is 3.46. The van der Waals surface area contributed by atoms with Crippen LogP contribution in [0.25, 0.3) is 0 Å². The second kappa shape index (κ2) is 4.08. The summed E-state index contributed by atoms with van der Waals surface area (Å²) >= 11 is 1.86. The van der Waals surface area contributed by atoms with Gasteiger partial charge in [-0.05, 0) is 35.3 Å². The number of aliphatic hydroxyl groups is 1. The summed E-state index contributed by atoms with van der Waals surface area (Å²) in [5.74, 6) is 1.11. The molecule has 2 heteroatoms. The minimum absolute atomic E-state index is 0.0163. The topological polar surface area (TPSA) is 20.2 Å². The Morgan fingerprint density at radius 1 is 1.25 bits per heavy atom. The third-order valence-corrected chi connectivity index (χ3v) is 4.80. The first-order valence-corrected chi connectivity index (χ1v) is 6.88. The Morgan fingerprint density at radius 3 is 2.19 bits per heavy atom. The first-order chi connectivity index (χ1) is 7.55. The molecule has 0 amide bonds. The lowest BCUT2D eigenvalue weighted by atomic mass is 9.89. The average Bonchev–Trinajstić information content (AvgIpc) is 2.84. The van der Waals surface area contributed by atoms with Crippen LogP contribution in [0, 0.1) is 5.41 Å². The standard InChI is InChI=1S/C14H20OS/c1-4-16-12-7-5-11(6-8-12)14(10-15)9-13(14,2)3/h5-8,15H,4,9-10H2,1-3H3. The van der Waals surface area contributed by atoms with Gasteiger partial charge in [-0.1, -0.05) is 32.9 Å². The number of hydrogen-bond acceptors (Lipinski definition) is 2. The van der Waals surface area contributed by atoms with Crippen LogP contribution in [0.3, 0.4) is 0 Å². The van der Waals surface area contributed by atoms with Crippen LogP contribution in [-0.4, -0.2) is 17.5 Å². The van der Waals surface area contributed by atoms with Gasteiger partial charge in [0.15, 0.2) is 0 Å².